The van der Waals surface area contributed by atoms with E-state index in [1.807, 2.05) is 19.2 Å². The molecule has 0 aliphatic rings. The molecule has 2 aromatic heterocycles. The summed E-state index contributed by atoms with van der Waals surface area (Å²) in [6, 6.07) is 3.56. The van der Waals surface area contributed by atoms with Gasteiger partial charge in [0.1, 0.15) is 5.82 Å². The third-order valence-corrected chi connectivity index (χ3v) is 2.66. The zero-order chi connectivity index (χ0) is 11.0. The van der Waals surface area contributed by atoms with Crippen LogP contribution in [0, 0.1) is 0 Å². The van der Waals surface area contributed by atoms with E-state index in [-0.39, 0.29) is 5.69 Å². The second kappa shape index (κ2) is 3.66. The molecule has 0 saturated heterocycles. The highest BCUT2D eigenvalue weighted by Crippen LogP contribution is 2.18. The fourth-order valence-electron chi connectivity index (χ4n) is 1.53. The minimum Gasteiger partial charge on any atom is -0.476 e. The first-order valence-corrected chi connectivity index (χ1v) is 5.32. The molecule has 0 aliphatic heterocycles. The number of aromatic carboxylic acids is 1. The van der Waals surface area contributed by atoms with Crippen LogP contribution in [-0.4, -0.2) is 20.5 Å². The lowest BCUT2D eigenvalue weighted by molar-refractivity contribution is 0.0693. The summed E-state index contributed by atoms with van der Waals surface area (Å²) in [4.78, 5) is 15.0. The third kappa shape index (κ3) is 1.63. The van der Waals surface area contributed by atoms with Gasteiger partial charge in [-0.3, -0.25) is 0 Å². The number of pyridine rings is 1. The van der Waals surface area contributed by atoms with Crippen molar-refractivity contribution >= 4 is 27.4 Å². The molecule has 0 atom stereocenters. The van der Waals surface area contributed by atoms with E-state index < -0.39 is 5.97 Å². The van der Waals surface area contributed by atoms with Gasteiger partial charge in [0.2, 0.25) is 0 Å². The van der Waals surface area contributed by atoms with Crippen molar-refractivity contribution in [2.75, 3.05) is 0 Å². The Hall–Kier alpha value is -1.36. The highest BCUT2D eigenvalue weighted by atomic mass is 79.9. The molecular weight excluding hydrogens is 260 g/mol. The number of aromatic nitrogens is 2. The van der Waals surface area contributed by atoms with Gasteiger partial charge in [-0.25, -0.2) is 9.78 Å². The van der Waals surface area contributed by atoms with Crippen molar-refractivity contribution in [3.05, 3.63) is 34.3 Å². The maximum Gasteiger partial charge on any atom is 0.356 e. The van der Waals surface area contributed by atoms with Gasteiger partial charge in [-0.15, -0.1) is 0 Å². The van der Waals surface area contributed by atoms with Gasteiger partial charge >= 0.3 is 5.97 Å². The van der Waals surface area contributed by atoms with E-state index >= 15 is 0 Å². The second-order valence-corrected chi connectivity index (χ2v) is 4.05. The van der Waals surface area contributed by atoms with Gasteiger partial charge in [-0.1, -0.05) is 6.92 Å². The normalized spacial score (nSPS) is 10.8. The molecule has 2 heterocycles. The molecule has 2 rings (SSSR count). The van der Waals surface area contributed by atoms with E-state index in [0.29, 0.717) is 11.9 Å². The molecule has 15 heavy (non-hydrogen) atoms. The lowest BCUT2D eigenvalue weighted by Crippen LogP contribution is -1.97. The third-order valence-electron chi connectivity index (χ3n) is 2.19. The Kier molecular flexibility index (Phi) is 2.48. The highest BCUT2D eigenvalue weighted by Gasteiger charge is 2.15. The predicted molar refractivity (Wildman–Crippen MR) is 59.2 cm³/mol. The average Bonchev–Trinajstić information content (AvgIpc) is 2.55. The molecule has 2 aromatic rings. The molecule has 1 N–H and O–H groups in total. The van der Waals surface area contributed by atoms with E-state index in [1.54, 1.807) is 10.5 Å². The van der Waals surface area contributed by atoms with Gasteiger partial charge in [0, 0.05) is 17.1 Å². The average molecular weight is 269 g/mol. The number of aryl methyl sites for hydroxylation is 1. The van der Waals surface area contributed by atoms with Crippen molar-refractivity contribution in [3.8, 4) is 0 Å². The van der Waals surface area contributed by atoms with Crippen molar-refractivity contribution in [1.82, 2.24) is 9.38 Å². The number of carbonyl (C=O) groups is 1. The van der Waals surface area contributed by atoms with Crippen molar-refractivity contribution in [3.63, 3.8) is 0 Å². The Morgan fingerprint density at radius 3 is 2.93 bits per heavy atom. The molecule has 0 radical (unpaired) electrons. The predicted octanol–water partition coefficient (Wildman–Crippen LogP) is 2.36. The van der Waals surface area contributed by atoms with Crippen LogP contribution in [-0.2, 0) is 6.42 Å². The molecule has 0 aliphatic carbocycles. The van der Waals surface area contributed by atoms with Crippen LogP contribution in [0.1, 0.15) is 23.2 Å². The van der Waals surface area contributed by atoms with E-state index in [9.17, 15) is 4.79 Å². The lowest BCUT2D eigenvalue weighted by Gasteiger charge is -1.98. The van der Waals surface area contributed by atoms with Crippen LogP contribution in [0.2, 0.25) is 0 Å². The van der Waals surface area contributed by atoms with Gasteiger partial charge in [0.15, 0.2) is 5.69 Å². The smallest absolute Gasteiger partial charge is 0.356 e. The molecule has 0 aromatic carbocycles. The Morgan fingerprint density at radius 2 is 2.33 bits per heavy atom. The first kappa shape index (κ1) is 10.2. The fraction of sp³-hybridized carbons (Fsp3) is 0.200. The fourth-order valence-corrected chi connectivity index (χ4v) is 1.87. The second-order valence-electron chi connectivity index (χ2n) is 3.14. The minimum atomic E-state index is -0.991. The van der Waals surface area contributed by atoms with Gasteiger partial charge in [-0.05, 0) is 28.1 Å². The molecule has 0 spiro atoms. The topological polar surface area (TPSA) is 54.6 Å². The van der Waals surface area contributed by atoms with Crippen LogP contribution in [0.3, 0.4) is 0 Å². The van der Waals surface area contributed by atoms with Crippen LogP contribution < -0.4 is 0 Å². The van der Waals surface area contributed by atoms with E-state index in [2.05, 4.69) is 20.9 Å². The van der Waals surface area contributed by atoms with Gasteiger partial charge in [0.05, 0.1) is 5.52 Å². The monoisotopic (exact) mass is 268 g/mol. The maximum atomic E-state index is 10.9. The quantitative estimate of drug-likeness (QED) is 0.910. The van der Waals surface area contributed by atoms with Crippen LogP contribution in [0.5, 0.6) is 0 Å². The highest BCUT2D eigenvalue weighted by molar-refractivity contribution is 9.10. The first-order valence-electron chi connectivity index (χ1n) is 4.53. The summed E-state index contributed by atoms with van der Waals surface area (Å²) in [6.45, 7) is 1.95. The lowest BCUT2D eigenvalue weighted by atomic mass is 10.3. The Balaban J connectivity index is 2.81. The van der Waals surface area contributed by atoms with E-state index in [0.717, 1.165) is 10.3 Å². The number of rotatable bonds is 2. The molecule has 0 amide bonds. The van der Waals surface area contributed by atoms with Crippen LogP contribution in [0.15, 0.2) is 22.8 Å². The van der Waals surface area contributed by atoms with Crippen LogP contribution in [0.4, 0.5) is 0 Å². The molecule has 0 saturated carbocycles. The molecule has 4 nitrogen and oxygen atoms in total. The van der Waals surface area contributed by atoms with Crippen molar-refractivity contribution in [1.29, 1.82) is 0 Å². The zero-order valence-electron chi connectivity index (χ0n) is 8.07. The number of nitrogens with zero attached hydrogens (tertiary/aromatic N) is 2. The number of hydrogen-bond donors (Lipinski definition) is 1. The molecule has 0 fully saturated rings. The number of carboxylic acids is 1. The summed E-state index contributed by atoms with van der Waals surface area (Å²) >= 11 is 3.35. The van der Waals surface area contributed by atoms with Crippen molar-refractivity contribution in [2.24, 2.45) is 0 Å². The summed E-state index contributed by atoms with van der Waals surface area (Å²) < 4.78 is 2.70. The van der Waals surface area contributed by atoms with E-state index in [4.69, 9.17) is 5.11 Å². The number of hydrogen-bond acceptors (Lipinski definition) is 2. The maximum absolute atomic E-state index is 10.9. The summed E-state index contributed by atoms with van der Waals surface area (Å²) in [5.74, 6) is -0.238. The summed E-state index contributed by atoms with van der Waals surface area (Å²) in [6.07, 6.45) is 2.53. The molecule has 78 valence electrons. The number of carboxylic acid groups (broad SMARTS) is 1. The standard InChI is InChI=1S/C10H9BrN2O2/c1-2-8-12-9(10(14)15)7-4-3-6(11)5-13(7)8/h3-5H,2H2,1H3,(H,14,15). The van der Waals surface area contributed by atoms with Gasteiger partial charge < -0.3 is 9.51 Å². The molecular formula is C10H9BrN2O2. The number of imidazole rings is 1. The number of fused-ring (bicyclic) bond motifs is 1. The Morgan fingerprint density at radius 1 is 1.60 bits per heavy atom. The summed E-state index contributed by atoms with van der Waals surface area (Å²) in [7, 11) is 0. The largest absolute Gasteiger partial charge is 0.476 e. The van der Waals surface area contributed by atoms with E-state index in [1.165, 1.54) is 0 Å². The molecule has 5 heteroatoms. The first-order chi connectivity index (χ1) is 7.13. The summed E-state index contributed by atoms with van der Waals surface area (Å²) in [5.41, 5.74) is 0.738. The molecule has 0 unspecified atom stereocenters. The zero-order valence-corrected chi connectivity index (χ0v) is 9.65. The van der Waals surface area contributed by atoms with Crippen LogP contribution in [0.25, 0.3) is 5.52 Å². The summed E-state index contributed by atoms with van der Waals surface area (Å²) in [5, 5.41) is 8.97. The number of halogens is 1. The van der Waals surface area contributed by atoms with Crippen molar-refractivity contribution < 1.29 is 9.90 Å². The Labute approximate surface area is 94.7 Å². The molecule has 0 bridgehead atoms. The van der Waals surface area contributed by atoms with Crippen LogP contribution >= 0.6 is 15.9 Å². The minimum absolute atomic E-state index is 0.111. The van der Waals surface area contributed by atoms with Gasteiger partial charge in [-0.2, -0.15) is 0 Å². The SMILES string of the molecule is CCc1nc(C(=O)O)c2ccc(Br)cn12. The van der Waals surface area contributed by atoms with Gasteiger partial charge in [0.25, 0.3) is 0 Å². The Bertz CT molecular complexity index is 533. The van der Waals surface area contributed by atoms with Crippen molar-refractivity contribution in [2.45, 2.75) is 13.3 Å².